The average molecular weight is 405 g/mol. The van der Waals surface area contributed by atoms with Gasteiger partial charge in [-0.05, 0) is 54.7 Å². The SMILES string of the molecule is CC#CC(CC(=O)O)c1ccc(OCc2cc(C)c3nn(CC(C)C)cc3c2)cc1. The quantitative estimate of drug-likeness (QED) is 0.527. The molecule has 156 valence electrons. The minimum Gasteiger partial charge on any atom is -0.489 e. The van der Waals surface area contributed by atoms with Gasteiger partial charge in [-0.1, -0.05) is 38.0 Å². The predicted octanol–water partition coefficient (Wildman–Crippen LogP) is 5.16. The van der Waals surface area contributed by atoms with E-state index in [1.165, 1.54) is 0 Å². The van der Waals surface area contributed by atoms with Gasteiger partial charge in [-0.25, -0.2) is 0 Å². The monoisotopic (exact) mass is 404 g/mol. The molecule has 0 radical (unpaired) electrons. The second-order valence-corrected chi connectivity index (χ2v) is 8.00. The van der Waals surface area contributed by atoms with Gasteiger partial charge in [0, 0.05) is 18.1 Å². The summed E-state index contributed by atoms with van der Waals surface area (Å²) < 4.78 is 7.98. The number of carbonyl (C=O) groups is 1. The van der Waals surface area contributed by atoms with Crippen LogP contribution in [0.5, 0.6) is 5.75 Å². The maximum atomic E-state index is 11.1. The van der Waals surface area contributed by atoms with Crippen LogP contribution in [0.4, 0.5) is 0 Å². The molecule has 1 atom stereocenters. The van der Waals surface area contributed by atoms with Crippen molar-refractivity contribution in [1.82, 2.24) is 9.78 Å². The Balaban J connectivity index is 1.71. The number of rotatable bonds is 8. The van der Waals surface area contributed by atoms with Gasteiger partial charge < -0.3 is 9.84 Å². The molecule has 3 aromatic rings. The standard InChI is InChI=1S/C25H28N2O3/c1-5-6-21(13-24(28)29)20-7-9-23(10-8-20)30-16-19-11-18(4)25-22(12-19)15-27(26-25)14-17(2)3/h7-12,15,17,21H,13-14,16H2,1-4H3,(H,28,29). The molecule has 0 aliphatic carbocycles. The smallest absolute Gasteiger partial charge is 0.304 e. The van der Waals surface area contributed by atoms with E-state index in [1.54, 1.807) is 6.92 Å². The van der Waals surface area contributed by atoms with Crippen LogP contribution in [0.25, 0.3) is 10.9 Å². The maximum Gasteiger partial charge on any atom is 0.304 e. The molecular formula is C25H28N2O3. The maximum absolute atomic E-state index is 11.1. The lowest BCUT2D eigenvalue weighted by Crippen LogP contribution is -2.04. The molecule has 3 rings (SSSR count). The molecule has 0 bridgehead atoms. The predicted molar refractivity (Wildman–Crippen MR) is 119 cm³/mol. The number of aliphatic carboxylic acids is 1. The number of ether oxygens (including phenoxy) is 1. The summed E-state index contributed by atoms with van der Waals surface area (Å²) in [5, 5.41) is 14.9. The van der Waals surface area contributed by atoms with Crippen molar-refractivity contribution < 1.29 is 14.6 Å². The highest BCUT2D eigenvalue weighted by Crippen LogP contribution is 2.24. The molecule has 5 nitrogen and oxygen atoms in total. The Kier molecular flexibility index (Phi) is 6.79. The Morgan fingerprint density at radius 2 is 1.97 bits per heavy atom. The lowest BCUT2D eigenvalue weighted by atomic mass is 9.96. The normalized spacial score (nSPS) is 11.9. The number of hydrogen-bond acceptors (Lipinski definition) is 3. The van der Waals surface area contributed by atoms with Crippen LogP contribution in [-0.2, 0) is 17.9 Å². The van der Waals surface area contributed by atoms with Crippen molar-refractivity contribution in [3.8, 4) is 17.6 Å². The van der Waals surface area contributed by atoms with Gasteiger partial charge in [0.05, 0.1) is 17.9 Å². The molecule has 5 heteroatoms. The number of fused-ring (bicyclic) bond motifs is 1. The van der Waals surface area contributed by atoms with Crippen LogP contribution in [0.3, 0.4) is 0 Å². The second kappa shape index (κ2) is 9.49. The van der Waals surface area contributed by atoms with E-state index in [4.69, 9.17) is 14.9 Å². The van der Waals surface area contributed by atoms with Gasteiger partial charge in [0.25, 0.3) is 0 Å². The highest BCUT2D eigenvalue weighted by atomic mass is 16.5. The van der Waals surface area contributed by atoms with E-state index in [2.05, 4.69) is 50.9 Å². The number of carboxylic acid groups (broad SMARTS) is 1. The van der Waals surface area contributed by atoms with Gasteiger partial charge in [-0.2, -0.15) is 5.10 Å². The van der Waals surface area contributed by atoms with Gasteiger partial charge in [0.2, 0.25) is 0 Å². The van der Waals surface area contributed by atoms with Gasteiger partial charge in [0.1, 0.15) is 12.4 Å². The van der Waals surface area contributed by atoms with Crippen LogP contribution >= 0.6 is 0 Å². The zero-order chi connectivity index (χ0) is 21.7. The second-order valence-electron chi connectivity index (χ2n) is 8.00. The fraction of sp³-hybridized carbons (Fsp3) is 0.360. The van der Waals surface area contributed by atoms with Gasteiger partial charge in [0.15, 0.2) is 0 Å². The Morgan fingerprint density at radius 1 is 1.23 bits per heavy atom. The van der Waals surface area contributed by atoms with Crippen LogP contribution < -0.4 is 4.74 Å². The van der Waals surface area contributed by atoms with E-state index in [9.17, 15) is 4.79 Å². The summed E-state index contributed by atoms with van der Waals surface area (Å²) >= 11 is 0. The minimum atomic E-state index is -0.856. The third kappa shape index (κ3) is 5.42. The lowest BCUT2D eigenvalue weighted by molar-refractivity contribution is -0.137. The number of carboxylic acids is 1. The average Bonchev–Trinajstić information content (AvgIpc) is 3.08. The molecule has 0 amide bonds. The molecule has 0 saturated heterocycles. The summed E-state index contributed by atoms with van der Waals surface area (Å²) in [4.78, 5) is 11.1. The van der Waals surface area contributed by atoms with E-state index in [0.717, 1.165) is 39.9 Å². The molecule has 0 aliphatic rings. The summed E-state index contributed by atoms with van der Waals surface area (Å²) in [5.74, 6) is 5.90. The molecule has 1 N–H and O–H groups in total. The summed E-state index contributed by atoms with van der Waals surface area (Å²) in [5.41, 5.74) is 4.14. The van der Waals surface area contributed by atoms with Crippen LogP contribution in [-0.4, -0.2) is 20.9 Å². The van der Waals surface area contributed by atoms with E-state index in [-0.39, 0.29) is 12.3 Å². The molecule has 1 unspecified atom stereocenters. The molecule has 1 aromatic heterocycles. The minimum absolute atomic E-state index is 0.00910. The van der Waals surface area contributed by atoms with Gasteiger partial charge >= 0.3 is 5.97 Å². The zero-order valence-corrected chi connectivity index (χ0v) is 18.0. The first-order chi connectivity index (χ1) is 14.4. The number of aryl methyl sites for hydroxylation is 1. The number of nitrogens with zero attached hydrogens (tertiary/aromatic N) is 2. The van der Waals surface area contributed by atoms with Crippen molar-refractivity contribution in [1.29, 1.82) is 0 Å². The number of hydrogen-bond donors (Lipinski definition) is 1. The third-order valence-electron chi connectivity index (χ3n) is 4.84. The van der Waals surface area contributed by atoms with Crippen molar-refractivity contribution in [3.63, 3.8) is 0 Å². The van der Waals surface area contributed by atoms with Crippen LogP contribution in [0, 0.1) is 24.7 Å². The Hall–Kier alpha value is -3.26. The van der Waals surface area contributed by atoms with Gasteiger partial charge in [-0.15, -0.1) is 5.92 Å². The van der Waals surface area contributed by atoms with Crippen LogP contribution in [0.2, 0.25) is 0 Å². The summed E-state index contributed by atoms with van der Waals surface area (Å²) in [6, 6.07) is 11.7. The first kappa shape index (κ1) is 21.4. The number of aromatic nitrogens is 2. The molecule has 30 heavy (non-hydrogen) atoms. The fourth-order valence-electron chi connectivity index (χ4n) is 3.55. The first-order valence-electron chi connectivity index (χ1n) is 10.2. The van der Waals surface area contributed by atoms with E-state index >= 15 is 0 Å². The molecule has 2 aromatic carbocycles. The fourth-order valence-corrected chi connectivity index (χ4v) is 3.55. The Bertz CT molecular complexity index is 1090. The zero-order valence-electron chi connectivity index (χ0n) is 18.0. The largest absolute Gasteiger partial charge is 0.489 e. The van der Waals surface area contributed by atoms with Crippen molar-refractivity contribution >= 4 is 16.9 Å². The highest BCUT2D eigenvalue weighted by Gasteiger charge is 2.13. The molecule has 1 heterocycles. The topological polar surface area (TPSA) is 64.3 Å². The molecular weight excluding hydrogens is 376 g/mol. The van der Waals surface area contributed by atoms with Crippen LogP contribution in [0.15, 0.2) is 42.6 Å². The van der Waals surface area contributed by atoms with Crippen molar-refractivity contribution in [3.05, 3.63) is 59.3 Å². The van der Waals surface area contributed by atoms with E-state index < -0.39 is 5.97 Å². The van der Waals surface area contributed by atoms with E-state index in [0.29, 0.717) is 12.5 Å². The lowest BCUT2D eigenvalue weighted by Gasteiger charge is -2.11. The van der Waals surface area contributed by atoms with Crippen molar-refractivity contribution in [2.75, 3.05) is 0 Å². The molecule has 0 aliphatic heterocycles. The van der Waals surface area contributed by atoms with Crippen molar-refractivity contribution in [2.45, 2.75) is 53.2 Å². The summed E-state index contributed by atoms with van der Waals surface area (Å²) in [7, 11) is 0. The Morgan fingerprint density at radius 3 is 2.60 bits per heavy atom. The van der Waals surface area contributed by atoms with E-state index in [1.807, 2.05) is 28.9 Å². The third-order valence-corrected chi connectivity index (χ3v) is 4.84. The summed E-state index contributed by atoms with van der Waals surface area (Å²) in [6.45, 7) is 9.52. The highest BCUT2D eigenvalue weighted by molar-refractivity contribution is 5.82. The van der Waals surface area contributed by atoms with Gasteiger partial charge in [-0.3, -0.25) is 9.48 Å². The Labute approximate surface area is 177 Å². The number of benzene rings is 2. The van der Waals surface area contributed by atoms with Crippen molar-refractivity contribution in [2.24, 2.45) is 5.92 Å². The van der Waals surface area contributed by atoms with Crippen LogP contribution in [0.1, 0.15) is 49.8 Å². The first-order valence-corrected chi connectivity index (χ1v) is 10.2. The molecule has 0 saturated carbocycles. The molecule has 0 fully saturated rings. The summed E-state index contributed by atoms with van der Waals surface area (Å²) in [6.07, 6.45) is 2.09. The molecule has 0 spiro atoms.